The van der Waals surface area contributed by atoms with Crippen LogP contribution in [0.5, 0.6) is 0 Å². The topological polar surface area (TPSA) is 88.1 Å². The van der Waals surface area contributed by atoms with Crippen LogP contribution in [0.25, 0.3) is 0 Å². The molecular formula is C31H46FN5O4. The second kappa shape index (κ2) is 10.7. The summed E-state index contributed by atoms with van der Waals surface area (Å²) in [5.74, 6) is 0.0998. The minimum atomic E-state index is -1.31. The summed E-state index contributed by atoms with van der Waals surface area (Å²) in [6.45, 7) is 13.0. The molecule has 0 aromatic carbocycles. The van der Waals surface area contributed by atoms with Crippen LogP contribution in [-0.2, 0) is 9.47 Å². The van der Waals surface area contributed by atoms with E-state index in [1.165, 1.54) is 6.33 Å². The summed E-state index contributed by atoms with van der Waals surface area (Å²) in [5.41, 5.74) is 0.291. The SMILES string of the molecule is CCCC[C@H]1CN(C[C@@]2(F)[C@@H]3COC[C@@H]32)C(=O)OC12CCN(C1(C)CCN(C(=O)c3c(C)ncnc3C)CC1)CC2. The highest BCUT2D eigenvalue weighted by Gasteiger charge is 2.70. The van der Waals surface area contributed by atoms with E-state index in [1.807, 2.05) is 18.7 Å². The van der Waals surface area contributed by atoms with Gasteiger partial charge in [-0.25, -0.2) is 19.2 Å². The van der Waals surface area contributed by atoms with Crippen molar-refractivity contribution in [3.05, 3.63) is 23.3 Å². The Balaban J connectivity index is 1.08. The first-order valence-corrected chi connectivity index (χ1v) is 15.7. The molecule has 5 aliphatic rings. The van der Waals surface area contributed by atoms with Crippen LogP contribution in [0.4, 0.5) is 9.18 Å². The maximum atomic E-state index is 15.5. The molecule has 9 nitrogen and oxygen atoms in total. The number of fused-ring (bicyclic) bond motifs is 1. The van der Waals surface area contributed by atoms with Crippen molar-refractivity contribution >= 4 is 12.0 Å². The van der Waals surface area contributed by atoms with E-state index in [-0.39, 0.29) is 41.8 Å². The van der Waals surface area contributed by atoms with Gasteiger partial charge in [-0.05, 0) is 40.0 Å². The van der Waals surface area contributed by atoms with E-state index < -0.39 is 11.3 Å². The number of rotatable bonds is 7. The Kier molecular flexibility index (Phi) is 7.54. The standard InChI is InChI=1S/C31H46FN5O4/c1-5-6-7-23-16-36(19-31(32)24-17-40-18-25(24)31)28(39)41-30(23)10-14-37(15-11-30)29(4)8-12-35(13-9-29)27(38)26-21(2)33-20-34-22(26)3/h20,23-25H,5-19H2,1-4H3/t23-,24-,25+,31-/m0/s1. The summed E-state index contributed by atoms with van der Waals surface area (Å²) in [5, 5.41) is 0. The van der Waals surface area contributed by atoms with Gasteiger partial charge in [-0.2, -0.15) is 0 Å². The lowest BCUT2D eigenvalue weighted by molar-refractivity contribution is -0.136. The van der Waals surface area contributed by atoms with E-state index in [4.69, 9.17) is 9.47 Å². The summed E-state index contributed by atoms with van der Waals surface area (Å²) in [6, 6.07) is 0. The number of alkyl halides is 1. The van der Waals surface area contributed by atoms with Crippen LogP contribution < -0.4 is 0 Å². The third-order valence-electron chi connectivity index (χ3n) is 11.2. The number of aryl methyl sites for hydroxylation is 2. The number of nitrogens with zero attached hydrogens (tertiary/aromatic N) is 5. The highest BCUT2D eigenvalue weighted by atomic mass is 19.1. The van der Waals surface area contributed by atoms with Gasteiger partial charge in [0.1, 0.15) is 17.6 Å². The number of hydrogen-bond acceptors (Lipinski definition) is 7. The van der Waals surface area contributed by atoms with Gasteiger partial charge >= 0.3 is 6.09 Å². The molecular weight excluding hydrogens is 525 g/mol. The third-order valence-corrected chi connectivity index (χ3v) is 11.2. The summed E-state index contributed by atoms with van der Waals surface area (Å²) in [7, 11) is 0. The Bertz CT molecular complexity index is 1130. The van der Waals surface area contributed by atoms with Gasteiger partial charge in [-0.15, -0.1) is 0 Å². The van der Waals surface area contributed by atoms with Gasteiger partial charge in [0.15, 0.2) is 0 Å². The summed E-state index contributed by atoms with van der Waals surface area (Å²) < 4.78 is 27.2. The number of hydrogen-bond donors (Lipinski definition) is 0. The molecule has 0 bridgehead atoms. The van der Waals surface area contributed by atoms with E-state index >= 15 is 4.39 Å². The predicted octanol–water partition coefficient (Wildman–Crippen LogP) is 4.17. The Hall–Kier alpha value is -2.33. The molecule has 0 unspecified atom stereocenters. The molecule has 4 aliphatic heterocycles. The zero-order valence-electron chi connectivity index (χ0n) is 25.2. The van der Waals surface area contributed by atoms with Crippen LogP contribution in [0.3, 0.4) is 0 Å². The maximum Gasteiger partial charge on any atom is 0.410 e. The van der Waals surface area contributed by atoms with Gasteiger partial charge in [0, 0.05) is 68.9 Å². The van der Waals surface area contributed by atoms with Gasteiger partial charge in [-0.1, -0.05) is 19.8 Å². The quantitative estimate of drug-likeness (QED) is 0.486. The second-order valence-electron chi connectivity index (χ2n) is 13.5. The molecule has 4 saturated heterocycles. The molecule has 1 aromatic rings. The Labute approximate surface area is 243 Å². The summed E-state index contributed by atoms with van der Waals surface area (Å²) >= 11 is 0. The highest BCUT2D eigenvalue weighted by molar-refractivity contribution is 5.96. The van der Waals surface area contributed by atoms with Crippen molar-refractivity contribution < 1.29 is 23.5 Å². The van der Waals surface area contributed by atoms with Crippen molar-refractivity contribution in [3.63, 3.8) is 0 Å². The van der Waals surface area contributed by atoms with Crippen LogP contribution >= 0.6 is 0 Å². The molecule has 5 fully saturated rings. The van der Waals surface area contributed by atoms with Crippen LogP contribution in [-0.4, -0.2) is 106 Å². The zero-order chi connectivity index (χ0) is 29.0. The Morgan fingerprint density at radius 2 is 1.68 bits per heavy atom. The van der Waals surface area contributed by atoms with E-state index in [2.05, 4.69) is 28.7 Å². The lowest BCUT2D eigenvalue weighted by atomic mass is 9.74. The van der Waals surface area contributed by atoms with Crippen LogP contribution in [0.2, 0.25) is 0 Å². The van der Waals surface area contributed by atoms with Crippen molar-refractivity contribution in [1.82, 2.24) is 24.7 Å². The molecule has 1 aliphatic carbocycles. The van der Waals surface area contributed by atoms with E-state index in [1.54, 1.807) is 4.90 Å². The molecule has 0 radical (unpaired) electrons. The number of carbonyl (C=O) groups is 2. The van der Waals surface area contributed by atoms with Crippen molar-refractivity contribution in [2.45, 2.75) is 89.4 Å². The molecule has 10 heteroatoms. The first-order valence-electron chi connectivity index (χ1n) is 15.7. The van der Waals surface area contributed by atoms with Crippen LogP contribution in [0.1, 0.15) is 80.5 Å². The molecule has 2 amide bonds. The minimum absolute atomic E-state index is 0.00820. The average molecular weight is 572 g/mol. The molecule has 1 spiro atoms. The number of unbranched alkanes of at least 4 members (excludes halogenated alkanes) is 1. The van der Waals surface area contributed by atoms with Crippen molar-refractivity contribution in [1.29, 1.82) is 0 Å². The maximum absolute atomic E-state index is 15.5. The number of halogens is 1. The van der Waals surface area contributed by atoms with Gasteiger partial charge < -0.3 is 19.3 Å². The van der Waals surface area contributed by atoms with Crippen LogP contribution in [0, 0.1) is 31.6 Å². The Morgan fingerprint density at radius 1 is 1.05 bits per heavy atom. The molecule has 4 atom stereocenters. The van der Waals surface area contributed by atoms with Crippen molar-refractivity contribution in [3.8, 4) is 0 Å². The van der Waals surface area contributed by atoms with Gasteiger partial charge in [-0.3, -0.25) is 9.69 Å². The number of carbonyl (C=O) groups excluding carboxylic acids is 2. The van der Waals surface area contributed by atoms with Crippen LogP contribution in [0.15, 0.2) is 6.33 Å². The van der Waals surface area contributed by atoms with Gasteiger partial charge in [0.25, 0.3) is 5.91 Å². The molecule has 41 heavy (non-hydrogen) atoms. The van der Waals surface area contributed by atoms with E-state index in [0.717, 1.165) is 69.4 Å². The third kappa shape index (κ3) is 5.02. The molecule has 226 valence electrons. The number of aromatic nitrogens is 2. The van der Waals surface area contributed by atoms with Crippen molar-refractivity contribution in [2.75, 3.05) is 52.5 Å². The number of ether oxygens (including phenoxy) is 2. The fraction of sp³-hybridized carbons (Fsp3) is 0.806. The molecule has 5 heterocycles. The molecule has 1 saturated carbocycles. The second-order valence-corrected chi connectivity index (χ2v) is 13.5. The summed E-state index contributed by atoms with van der Waals surface area (Å²) in [4.78, 5) is 41.2. The Morgan fingerprint density at radius 3 is 2.29 bits per heavy atom. The minimum Gasteiger partial charge on any atom is -0.442 e. The molecule has 0 N–H and O–H groups in total. The van der Waals surface area contributed by atoms with Gasteiger partial charge in [0.2, 0.25) is 0 Å². The smallest absolute Gasteiger partial charge is 0.410 e. The first kappa shape index (κ1) is 28.8. The fourth-order valence-corrected chi connectivity index (χ4v) is 8.19. The van der Waals surface area contributed by atoms with E-state index in [9.17, 15) is 9.59 Å². The summed E-state index contributed by atoms with van der Waals surface area (Å²) in [6.07, 6.45) is 7.73. The molecule has 6 rings (SSSR count). The lowest BCUT2D eigenvalue weighted by Crippen LogP contribution is -2.64. The normalized spacial score (nSPS) is 32.6. The predicted molar refractivity (Wildman–Crippen MR) is 151 cm³/mol. The van der Waals surface area contributed by atoms with E-state index in [0.29, 0.717) is 38.4 Å². The molecule has 1 aromatic heterocycles. The average Bonchev–Trinajstić information content (AvgIpc) is 3.26. The van der Waals surface area contributed by atoms with Crippen molar-refractivity contribution in [2.24, 2.45) is 17.8 Å². The monoisotopic (exact) mass is 571 g/mol. The van der Waals surface area contributed by atoms with Gasteiger partial charge in [0.05, 0.1) is 36.7 Å². The fourth-order valence-electron chi connectivity index (χ4n) is 8.19. The number of amides is 2. The zero-order valence-corrected chi connectivity index (χ0v) is 25.2. The largest absolute Gasteiger partial charge is 0.442 e. The number of piperidine rings is 2. The first-order chi connectivity index (χ1) is 19.6. The lowest BCUT2D eigenvalue weighted by Gasteiger charge is -2.55. The highest BCUT2D eigenvalue weighted by Crippen LogP contribution is 2.58. The number of likely N-dealkylation sites (tertiary alicyclic amines) is 2.